The van der Waals surface area contributed by atoms with Crippen LogP contribution in [0.1, 0.15) is 13.3 Å². The van der Waals surface area contributed by atoms with E-state index in [0.29, 0.717) is 6.42 Å². The summed E-state index contributed by atoms with van der Waals surface area (Å²) in [5.41, 5.74) is 0. The molecule has 1 aliphatic heterocycles. The van der Waals surface area contributed by atoms with Crippen molar-refractivity contribution in [1.82, 2.24) is 0 Å². The molecule has 15 heavy (non-hydrogen) atoms. The summed E-state index contributed by atoms with van der Waals surface area (Å²) in [5, 5.41) is 8.81. The Morgan fingerprint density at radius 1 is 1.67 bits per heavy atom. The number of hydrogen-bond donors (Lipinski definition) is 0. The minimum atomic E-state index is -3.06. The summed E-state index contributed by atoms with van der Waals surface area (Å²) in [6.07, 6.45) is 0.374. The molecule has 5 nitrogen and oxygen atoms in total. The highest BCUT2D eigenvalue weighted by atomic mass is 32.2. The van der Waals surface area contributed by atoms with E-state index in [-0.39, 0.29) is 18.1 Å². The van der Waals surface area contributed by atoms with Crippen LogP contribution in [0, 0.1) is 23.2 Å². The summed E-state index contributed by atoms with van der Waals surface area (Å²) < 4.78 is 27.1. The molecular formula is C9H13NO4S. The second-order valence-electron chi connectivity index (χ2n) is 3.52. The molecule has 1 aliphatic rings. The first-order chi connectivity index (χ1) is 7.00. The molecule has 0 aromatic rings. The number of carbonyl (C=O) groups is 1. The maximum Gasteiger partial charge on any atom is 0.323 e. The molecule has 0 aromatic carbocycles. The first kappa shape index (κ1) is 12.0. The molecule has 1 fully saturated rings. The third kappa shape index (κ3) is 2.93. The Labute approximate surface area is 88.9 Å². The van der Waals surface area contributed by atoms with E-state index < -0.39 is 27.6 Å². The van der Waals surface area contributed by atoms with Crippen molar-refractivity contribution in [2.24, 2.45) is 11.8 Å². The zero-order chi connectivity index (χ0) is 11.5. The largest absolute Gasteiger partial charge is 0.465 e. The second-order valence-corrected chi connectivity index (χ2v) is 5.75. The van der Waals surface area contributed by atoms with Crippen LogP contribution in [-0.2, 0) is 19.4 Å². The van der Waals surface area contributed by atoms with Crippen molar-refractivity contribution in [3.05, 3.63) is 0 Å². The highest BCUT2D eigenvalue weighted by molar-refractivity contribution is 7.91. The molecule has 0 spiro atoms. The fourth-order valence-corrected chi connectivity index (χ4v) is 3.51. The zero-order valence-electron chi connectivity index (χ0n) is 8.47. The van der Waals surface area contributed by atoms with Gasteiger partial charge in [0, 0.05) is 5.92 Å². The summed E-state index contributed by atoms with van der Waals surface area (Å²) >= 11 is 0. The Balaban J connectivity index is 2.70. The van der Waals surface area contributed by atoms with E-state index in [9.17, 15) is 13.2 Å². The predicted molar refractivity (Wildman–Crippen MR) is 52.5 cm³/mol. The van der Waals surface area contributed by atoms with Crippen LogP contribution in [0.4, 0.5) is 0 Å². The van der Waals surface area contributed by atoms with Crippen molar-refractivity contribution in [3.63, 3.8) is 0 Å². The van der Waals surface area contributed by atoms with E-state index in [4.69, 9.17) is 10.00 Å². The Hall–Kier alpha value is -1.09. The third-order valence-corrected chi connectivity index (χ3v) is 4.21. The minimum absolute atomic E-state index is 0.0647. The highest BCUT2D eigenvalue weighted by Gasteiger charge is 2.38. The fraction of sp³-hybridized carbons (Fsp3) is 0.778. The molecule has 0 amide bonds. The molecule has 0 unspecified atom stereocenters. The molecule has 1 heterocycles. The normalized spacial score (nSPS) is 25.5. The third-order valence-electron chi connectivity index (χ3n) is 2.42. The van der Waals surface area contributed by atoms with E-state index in [0.717, 1.165) is 0 Å². The smallest absolute Gasteiger partial charge is 0.323 e. The van der Waals surface area contributed by atoms with Crippen LogP contribution in [0.15, 0.2) is 0 Å². The molecule has 0 bridgehead atoms. The molecular weight excluding hydrogens is 218 g/mol. The molecule has 0 radical (unpaired) electrons. The van der Waals surface area contributed by atoms with Crippen LogP contribution in [-0.4, -0.2) is 32.5 Å². The summed E-state index contributed by atoms with van der Waals surface area (Å²) in [7, 11) is -3.06. The summed E-state index contributed by atoms with van der Waals surface area (Å²) in [6.45, 7) is 1.86. The Kier molecular flexibility index (Phi) is 3.69. The lowest BCUT2D eigenvalue weighted by atomic mass is 9.93. The molecule has 0 aliphatic carbocycles. The number of nitriles is 1. The van der Waals surface area contributed by atoms with Crippen LogP contribution < -0.4 is 0 Å². The average molecular weight is 231 g/mol. The lowest BCUT2D eigenvalue weighted by molar-refractivity contribution is -0.147. The molecule has 1 rings (SSSR count). The van der Waals surface area contributed by atoms with Gasteiger partial charge >= 0.3 is 5.97 Å². The number of nitrogens with zero attached hydrogens (tertiary/aromatic N) is 1. The van der Waals surface area contributed by atoms with Gasteiger partial charge in [0.25, 0.3) is 0 Å². The highest BCUT2D eigenvalue weighted by Crippen LogP contribution is 2.26. The first-order valence-electron chi connectivity index (χ1n) is 4.77. The fourth-order valence-electron chi connectivity index (χ4n) is 1.67. The quantitative estimate of drug-likeness (QED) is 0.644. The summed E-state index contributed by atoms with van der Waals surface area (Å²) in [5.74, 6) is -1.97. The van der Waals surface area contributed by atoms with Crippen molar-refractivity contribution in [2.75, 3.05) is 18.1 Å². The molecule has 84 valence electrons. The van der Waals surface area contributed by atoms with Crippen molar-refractivity contribution < 1.29 is 17.9 Å². The number of esters is 1. The standard InChI is InChI=1S/C9H13NO4S/c1-2-14-9(11)8(5-10)7-3-4-15(12,13)6-7/h7-8H,2-4,6H2,1H3/t7-,8+/m0/s1. The average Bonchev–Trinajstić information content (AvgIpc) is 2.48. The molecule has 0 N–H and O–H groups in total. The van der Waals surface area contributed by atoms with Crippen molar-refractivity contribution >= 4 is 15.8 Å². The van der Waals surface area contributed by atoms with Crippen LogP contribution >= 0.6 is 0 Å². The van der Waals surface area contributed by atoms with E-state index in [2.05, 4.69) is 0 Å². The maximum absolute atomic E-state index is 11.3. The van der Waals surface area contributed by atoms with E-state index >= 15 is 0 Å². The van der Waals surface area contributed by atoms with Crippen molar-refractivity contribution in [2.45, 2.75) is 13.3 Å². The van der Waals surface area contributed by atoms with Gasteiger partial charge < -0.3 is 4.74 Å². The van der Waals surface area contributed by atoms with Gasteiger partial charge in [-0.25, -0.2) is 8.42 Å². The van der Waals surface area contributed by atoms with Gasteiger partial charge in [0.05, 0.1) is 24.2 Å². The van der Waals surface area contributed by atoms with Crippen molar-refractivity contribution in [1.29, 1.82) is 5.26 Å². The zero-order valence-corrected chi connectivity index (χ0v) is 9.29. The molecule has 1 saturated heterocycles. The van der Waals surface area contributed by atoms with Crippen LogP contribution in [0.25, 0.3) is 0 Å². The number of carbonyl (C=O) groups excluding carboxylic acids is 1. The Bertz CT molecular complexity index is 381. The van der Waals surface area contributed by atoms with Crippen LogP contribution in [0.5, 0.6) is 0 Å². The number of sulfone groups is 1. The monoisotopic (exact) mass is 231 g/mol. The minimum Gasteiger partial charge on any atom is -0.465 e. The summed E-state index contributed by atoms with van der Waals surface area (Å²) in [6, 6.07) is 1.83. The molecule has 6 heteroatoms. The van der Waals surface area contributed by atoms with Crippen LogP contribution in [0.3, 0.4) is 0 Å². The molecule has 0 aromatic heterocycles. The van der Waals surface area contributed by atoms with Gasteiger partial charge in [0.15, 0.2) is 9.84 Å². The second kappa shape index (κ2) is 4.62. The lowest BCUT2D eigenvalue weighted by Gasteiger charge is -2.13. The Morgan fingerprint density at radius 3 is 2.73 bits per heavy atom. The Morgan fingerprint density at radius 2 is 2.33 bits per heavy atom. The van der Waals surface area contributed by atoms with Crippen LogP contribution in [0.2, 0.25) is 0 Å². The van der Waals surface area contributed by atoms with Gasteiger partial charge in [-0.2, -0.15) is 5.26 Å². The van der Waals surface area contributed by atoms with Gasteiger partial charge in [0.1, 0.15) is 5.92 Å². The number of ether oxygens (including phenoxy) is 1. The number of hydrogen-bond acceptors (Lipinski definition) is 5. The topological polar surface area (TPSA) is 84.2 Å². The summed E-state index contributed by atoms with van der Waals surface area (Å²) in [4.78, 5) is 11.3. The predicted octanol–water partition coefficient (Wildman–Crippen LogP) is 0.124. The van der Waals surface area contributed by atoms with E-state index in [1.807, 2.05) is 6.07 Å². The first-order valence-corrected chi connectivity index (χ1v) is 6.59. The van der Waals surface area contributed by atoms with Gasteiger partial charge in [0.2, 0.25) is 0 Å². The van der Waals surface area contributed by atoms with Gasteiger partial charge in [-0.05, 0) is 13.3 Å². The SMILES string of the molecule is CCOC(=O)[C@H](C#N)[C@H]1CCS(=O)(=O)C1. The van der Waals surface area contributed by atoms with Crippen molar-refractivity contribution in [3.8, 4) is 6.07 Å². The molecule has 0 saturated carbocycles. The van der Waals surface area contributed by atoms with E-state index in [1.165, 1.54) is 0 Å². The lowest BCUT2D eigenvalue weighted by Crippen LogP contribution is -2.25. The van der Waals surface area contributed by atoms with Gasteiger partial charge in [-0.1, -0.05) is 0 Å². The van der Waals surface area contributed by atoms with E-state index in [1.54, 1.807) is 6.92 Å². The van der Waals surface area contributed by atoms with Gasteiger partial charge in [-0.3, -0.25) is 4.79 Å². The maximum atomic E-state index is 11.3. The molecule has 2 atom stereocenters. The number of rotatable bonds is 3. The van der Waals surface area contributed by atoms with Gasteiger partial charge in [-0.15, -0.1) is 0 Å².